The number of aromatic nitrogens is 3. The van der Waals surface area contributed by atoms with Crippen molar-refractivity contribution < 1.29 is 4.74 Å². The topological polar surface area (TPSA) is 52.0 Å². The van der Waals surface area contributed by atoms with Gasteiger partial charge in [0.15, 0.2) is 0 Å². The van der Waals surface area contributed by atoms with Crippen LogP contribution in [0.3, 0.4) is 0 Å². The van der Waals surface area contributed by atoms with Gasteiger partial charge in [0, 0.05) is 44.1 Å². The minimum Gasteiger partial charge on any atom is -0.381 e. The summed E-state index contributed by atoms with van der Waals surface area (Å²) in [6.07, 6.45) is 6.98. The average molecular weight is 284 g/mol. The van der Waals surface area contributed by atoms with Crippen molar-refractivity contribution in [2.45, 2.75) is 31.2 Å². The minimum atomic E-state index is 0.295. The quantitative estimate of drug-likeness (QED) is 0.921. The molecule has 4 heterocycles. The molecule has 1 unspecified atom stereocenters. The molecule has 1 atom stereocenters. The maximum absolute atomic E-state index is 5.46. The summed E-state index contributed by atoms with van der Waals surface area (Å²) >= 11 is 0. The van der Waals surface area contributed by atoms with Crippen molar-refractivity contribution in [1.82, 2.24) is 14.8 Å². The Kier molecular flexibility index (Phi) is 3.35. The summed E-state index contributed by atoms with van der Waals surface area (Å²) in [6, 6.07) is 6.66. The number of nitrogens with zero attached hydrogens (tertiary/aromatic N) is 3. The number of pyridine rings is 1. The van der Waals surface area contributed by atoms with Crippen LogP contribution >= 0.6 is 0 Å². The summed E-state index contributed by atoms with van der Waals surface area (Å²) in [5, 5.41) is 8.37. The molecule has 0 radical (unpaired) electrons. The van der Waals surface area contributed by atoms with E-state index < -0.39 is 0 Å². The highest BCUT2D eigenvalue weighted by atomic mass is 16.5. The van der Waals surface area contributed by atoms with E-state index in [1.165, 1.54) is 11.3 Å². The van der Waals surface area contributed by atoms with Gasteiger partial charge in [-0.1, -0.05) is 6.07 Å². The fourth-order valence-electron chi connectivity index (χ4n) is 3.32. The van der Waals surface area contributed by atoms with Gasteiger partial charge in [-0.3, -0.25) is 4.98 Å². The SMILES string of the molecule is c1cncc(C2CCNc3cc(C4CCOCC4)nn32)c1. The summed E-state index contributed by atoms with van der Waals surface area (Å²) in [5.74, 6) is 1.67. The molecule has 2 aliphatic heterocycles. The van der Waals surface area contributed by atoms with Crippen LogP contribution < -0.4 is 5.32 Å². The standard InChI is InChI=1S/C16H20N4O/c1-2-13(11-17-6-1)15-3-7-18-16-10-14(19-20(15)16)12-4-8-21-9-5-12/h1-2,6,10-12,15,18H,3-5,7-9H2. The van der Waals surface area contributed by atoms with Crippen molar-refractivity contribution in [3.8, 4) is 0 Å². The normalized spacial score (nSPS) is 22.6. The van der Waals surface area contributed by atoms with Crippen LogP contribution in [-0.4, -0.2) is 34.5 Å². The highest BCUT2D eigenvalue weighted by molar-refractivity contribution is 5.42. The lowest BCUT2D eigenvalue weighted by atomic mass is 9.97. The Hall–Kier alpha value is -1.88. The lowest BCUT2D eigenvalue weighted by molar-refractivity contribution is 0.0843. The van der Waals surface area contributed by atoms with Crippen molar-refractivity contribution in [2.24, 2.45) is 0 Å². The minimum absolute atomic E-state index is 0.295. The molecule has 2 aliphatic rings. The molecule has 1 N–H and O–H groups in total. The third-order valence-corrected chi connectivity index (χ3v) is 4.48. The lowest BCUT2D eigenvalue weighted by Gasteiger charge is -2.25. The number of nitrogens with one attached hydrogen (secondary N) is 1. The van der Waals surface area contributed by atoms with Crippen molar-refractivity contribution >= 4 is 5.82 Å². The summed E-state index contributed by atoms with van der Waals surface area (Å²) in [7, 11) is 0. The summed E-state index contributed by atoms with van der Waals surface area (Å²) in [6.45, 7) is 2.69. The van der Waals surface area contributed by atoms with Gasteiger partial charge in [0.05, 0.1) is 11.7 Å². The number of fused-ring (bicyclic) bond motifs is 1. The number of ether oxygens (including phenoxy) is 1. The molecule has 0 aromatic carbocycles. The molecule has 5 heteroatoms. The van der Waals surface area contributed by atoms with Crippen LogP contribution in [0.4, 0.5) is 5.82 Å². The molecule has 0 aliphatic carbocycles. The molecule has 110 valence electrons. The second-order valence-electron chi connectivity index (χ2n) is 5.80. The first-order valence-corrected chi connectivity index (χ1v) is 7.73. The zero-order valence-electron chi connectivity index (χ0n) is 12.0. The predicted molar refractivity (Wildman–Crippen MR) is 80.5 cm³/mol. The third kappa shape index (κ3) is 2.42. The molecular weight excluding hydrogens is 264 g/mol. The number of anilines is 1. The zero-order valence-corrected chi connectivity index (χ0v) is 12.0. The fourth-order valence-corrected chi connectivity index (χ4v) is 3.32. The smallest absolute Gasteiger partial charge is 0.125 e. The highest BCUT2D eigenvalue weighted by Crippen LogP contribution is 2.33. The van der Waals surface area contributed by atoms with E-state index in [1.54, 1.807) is 0 Å². The van der Waals surface area contributed by atoms with E-state index in [0.29, 0.717) is 12.0 Å². The molecular formula is C16H20N4O. The molecule has 1 fully saturated rings. The van der Waals surface area contributed by atoms with Crippen LogP contribution in [-0.2, 0) is 4.74 Å². The Morgan fingerprint density at radius 2 is 2.14 bits per heavy atom. The van der Waals surface area contributed by atoms with E-state index in [4.69, 9.17) is 9.84 Å². The molecule has 0 bridgehead atoms. The van der Waals surface area contributed by atoms with Crippen molar-refractivity contribution in [3.63, 3.8) is 0 Å². The largest absolute Gasteiger partial charge is 0.381 e. The van der Waals surface area contributed by atoms with Gasteiger partial charge in [0.2, 0.25) is 0 Å². The predicted octanol–water partition coefficient (Wildman–Crippen LogP) is 2.58. The molecule has 21 heavy (non-hydrogen) atoms. The summed E-state index contributed by atoms with van der Waals surface area (Å²) < 4.78 is 7.60. The van der Waals surface area contributed by atoms with Crippen LogP contribution in [0.5, 0.6) is 0 Å². The summed E-state index contributed by atoms with van der Waals surface area (Å²) in [5.41, 5.74) is 2.44. The molecule has 2 aromatic rings. The van der Waals surface area contributed by atoms with Gasteiger partial charge in [0.1, 0.15) is 5.82 Å². The Bertz CT molecular complexity index is 604. The molecule has 5 nitrogen and oxygen atoms in total. The molecule has 2 aromatic heterocycles. The van der Waals surface area contributed by atoms with E-state index >= 15 is 0 Å². The fraction of sp³-hybridized carbons (Fsp3) is 0.500. The van der Waals surface area contributed by atoms with E-state index in [-0.39, 0.29) is 0 Å². The van der Waals surface area contributed by atoms with Gasteiger partial charge < -0.3 is 10.1 Å². The zero-order chi connectivity index (χ0) is 14.1. The molecule has 4 rings (SSSR count). The highest BCUT2D eigenvalue weighted by Gasteiger charge is 2.26. The van der Waals surface area contributed by atoms with Gasteiger partial charge >= 0.3 is 0 Å². The van der Waals surface area contributed by atoms with Gasteiger partial charge in [-0.2, -0.15) is 5.10 Å². The van der Waals surface area contributed by atoms with Crippen LogP contribution in [0, 0.1) is 0 Å². The Morgan fingerprint density at radius 1 is 1.24 bits per heavy atom. The van der Waals surface area contributed by atoms with E-state index in [0.717, 1.165) is 44.8 Å². The maximum atomic E-state index is 5.46. The third-order valence-electron chi connectivity index (χ3n) is 4.48. The van der Waals surface area contributed by atoms with Crippen molar-refractivity contribution in [2.75, 3.05) is 25.1 Å². The average Bonchev–Trinajstić information content (AvgIpc) is 3.00. The summed E-state index contributed by atoms with van der Waals surface area (Å²) in [4.78, 5) is 4.25. The van der Waals surface area contributed by atoms with Crippen LogP contribution in [0.2, 0.25) is 0 Å². The number of hydrogen-bond donors (Lipinski definition) is 1. The molecule has 0 saturated carbocycles. The monoisotopic (exact) mass is 284 g/mol. The van der Waals surface area contributed by atoms with Crippen molar-refractivity contribution in [1.29, 1.82) is 0 Å². The maximum Gasteiger partial charge on any atom is 0.125 e. The van der Waals surface area contributed by atoms with E-state index in [1.807, 2.05) is 18.5 Å². The molecule has 0 spiro atoms. The van der Waals surface area contributed by atoms with E-state index in [9.17, 15) is 0 Å². The van der Waals surface area contributed by atoms with Gasteiger partial charge in [-0.05, 0) is 30.9 Å². The van der Waals surface area contributed by atoms with Crippen LogP contribution in [0.15, 0.2) is 30.6 Å². The lowest BCUT2D eigenvalue weighted by Crippen LogP contribution is -2.24. The van der Waals surface area contributed by atoms with Crippen LogP contribution in [0.25, 0.3) is 0 Å². The molecule has 1 saturated heterocycles. The first kappa shape index (κ1) is 12.8. The van der Waals surface area contributed by atoms with E-state index in [2.05, 4.69) is 27.1 Å². The Balaban J connectivity index is 1.66. The number of hydrogen-bond acceptors (Lipinski definition) is 4. The van der Waals surface area contributed by atoms with Crippen LogP contribution in [0.1, 0.15) is 42.5 Å². The first-order valence-electron chi connectivity index (χ1n) is 7.73. The van der Waals surface area contributed by atoms with Gasteiger partial charge in [0.25, 0.3) is 0 Å². The van der Waals surface area contributed by atoms with Gasteiger partial charge in [-0.25, -0.2) is 4.68 Å². The Morgan fingerprint density at radius 3 is 2.95 bits per heavy atom. The second kappa shape index (κ2) is 5.48. The van der Waals surface area contributed by atoms with Crippen molar-refractivity contribution in [3.05, 3.63) is 41.9 Å². The Labute approximate surface area is 124 Å². The second-order valence-corrected chi connectivity index (χ2v) is 5.80. The van der Waals surface area contributed by atoms with Gasteiger partial charge in [-0.15, -0.1) is 0 Å². The number of rotatable bonds is 2. The molecule has 0 amide bonds. The first-order chi connectivity index (χ1) is 10.4.